The lowest BCUT2D eigenvalue weighted by Crippen LogP contribution is -2.47. The third-order valence-corrected chi connectivity index (χ3v) is 3.72. The van der Waals surface area contributed by atoms with Crippen molar-refractivity contribution in [1.29, 1.82) is 0 Å². The molecule has 2 rings (SSSR count). The van der Waals surface area contributed by atoms with Gasteiger partial charge in [0.25, 0.3) is 0 Å². The van der Waals surface area contributed by atoms with E-state index in [4.69, 9.17) is 0 Å². The van der Waals surface area contributed by atoms with E-state index in [1.54, 1.807) is 4.90 Å². The maximum Gasteiger partial charge on any atom is 0.406 e. The van der Waals surface area contributed by atoms with Crippen molar-refractivity contribution in [3.63, 3.8) is 0 Å². The minimum absolute atomic E-state index is 0.226. The Morgan fingerprint density at radius 2 is 2.00 bits per heavy atom. The Kier molecular flexibility index (Phi) is 4.04. The van der Waals surface area contributed by atoms with Crippen molar-refractivity contribution < 1.29 is 22.7 Å². The summed E-state index contributed by atoms with van der Waals surface area (Å²) in [4.78, 5) is 13.3. The van der Waals surface area contributed by atoms with Crippen molar-refractivity contribution in [3.8, 4) is 0 Å². The maximum atomic E-state index is 13.2. The summed E-state index contributed by atoms with van der Waals surface area (Å²) in [6.07, 6.45) is -4.85. The molecule has 0 spiro atoms. The lowest BCUT2D eigenvalue weighted by atomic mass is 9.86. The van der Waals surface area contributed by atoms with Crippen molar-refractivity contribution in [2.24, 2.45) is 5.41 Å². The van der Waals surface area contributed by atoms with Crippen molar-refractivity contribution in [1.82, 2.24) is 4.90 Å². The molecule has 1 fully saturated rings. The number of rotatable bonds is 3. The summed E-state index contributed by atoms with van der Waals surface area (Å²) < 4.78 is 44.1. The quantitative estimate of drug-likeness (QED) is 0.800. The molecule has 1 saturated heterocycles. The second kappa shape index (κ2) is 5.44. The number of hydrogen-bond acceptors (Lipinski definition) is 3. The zero-order chi connectivity index (χ0) is 14.8. The Balaban J connectivity index is 2.14. The summed E-state index contributed by atoms with van der Waals surface area (Å²) in [5, 5.41) is 0. The summed E-state index contributed by atoms with van der Waals surface area (Å²) in [6, 6.07) is 9.23. The largest absolute Gasteiger partial charge is 0.468 e. The fourth-order valence-corrected chi connectivity index (χ4v) is 2.57. The van der Waals surface area contributed by atoms with Gasteiger partial charge in [-0.15, -0.1) is 0 Å². The van der Waals surface area contributed by atoms with Gasteiger partial charge in [0, 0.05) is 19.6 Å². The average Bonchev–Trinajstić information content (AvgIpc) is 2.84. The summed E-state index contributed by atoms with van der Waals surface area (Å²) in [5.41, 5.74) is -1.47. The highest BCUT2D eigenvalue weighted by Gasteiger charge is 2.63. The van der Waals surface area contributed by atoms with Crippen LogP contribution in [-0.4, -0.2) is 37.2 Å². The van der Waals surface area contributed by atoms with E-state index in [1.165, 1.54) is 0 Å². The molecular formula is C14H16F3NO2. The van der Waals surface area contributed by atoms with Crippen LogP contribution in [-0.2, 0) is 16.1 Å². The molecule has 0 radical (unpaired) electrons. The third-order valence-electron chi connectivity index (χ3n) is 3.72. The molecule has 0 bridgehead atoms. The Morgan fingerprint density at radius 3 is 2.55 bits per heavy atom. The third kappa shape index (κ3) is 2.65. The van der Waals surface area contributed by atoms with Gasteiger partial charge in [-0.2, -0.15) is 13.2 Å². The predicted octanol–water partition coefficient (Wildman–Crippen LogP) is 2.61. The second-order valence-electron chi connectivity index (χ2n) is 5.02. The molecule has 0 N–H and O–H groups in total. The van der Waals surface area contributed by atoms with E-state index in [2.05, 4.69) is 4.74 Å². The first-order valence-electron chi connectivity index (χ1n) is 6.30. The van der Waals surface area contributed by atoms with Crippen LogP contribution in [0.3, 0.4) is 0 Å². The number of nitrogens with zero attached hydrogens (tertiary/aromatic N) is 1. The molecular weight excluding hydrogens is 271 g/mol. The van der Waals surface area contributed by atoms with Crippen molar-refractivity contribution in [2.75, 3.05) is 20.2 Å². The maximum absolute atomic E-state index is 13.2. The molecule has 6 heteroatoms. The van der Waals surface area contributed by atoms with Crippen molar-refractivity contribution >= 4 is 5.97 Å². The van der Waals surface area contributed by atoms with Gasteiger partial charge in [0.2, 0.25) is 0 Å². The van der Waals surface area contributed by atoms with Gasteiger partial charge in [-0.3, -0.25) is 9.69 Å². The summed E-state index contributed by atoms with van der Waals surface area (Å²) in [5.74, 6) is -1.19. The van der Waals surface area contributed by atoms with Crippen LogP contribution in [0.25, 0.3) is 0 Å². The Hall–Kier alpha value is -1.56. The van der Waals surface area contributed by atoms with Crippen LogP contribution in [0.4, 0.5) is 13.2 Å². The molecule has 1 aliphatic rings. The van der Waals surface area contributed by atoms with E-state index >= 15 is 0 Å². The summed E-state index contributed by atoms with van der Waals surface area (Å²) in [7, 11) is 0.996. The number of halogens is 3. The first-order valence-corrected chi connectivity index (χ1v) is 6.30. The zero-order valence-corrected chi connectivity index (χ0v) is 11.1. The molecule has 110 valence electrons. The highest BCUT2D eigenvalue weighted by molar-refractivity contribution is 5.78. The van der Waals surface area contributed by atoms with Gasteiger partial charge in [0.05, 0.1) is 7.11 Å². The molecule has 0 amide bonds. The number of alkyl halides is 3. The van der Waals surface area contributed by atoms with Crippen LogP contribution >= 0.6 is 0 Å². The first-order chi connectivity index (χ1) is 9.39. The molecule has 1 heterocycles. The summed E-state index contributed by atoms with van der Waals surface area (Å²) >= 11 is 0. The average molecular weight is 287 g/mol. The molecule has 1 aromatic rings. The number of carbonyl (C=O) groups excluding carboxylic acids is 1. The van der Waals surface area contributed by atoms with Crippen molar-refractivity contribution in [3.05, 3.63) is 35.9 Å². The Bertz CT molecular complexity index is 475. The van der Waals surface area contributed by atoms with Crippen LogP contribution in [0.1, 0.15) is 12.0 Å². The zero-order valence-electron chi connectivity index (χ0n) is 11.1. The fraction of sp³-hybridized carbons (Fsp3) is 0.500. The number of hydrogen-bond donors (Lipinski definition) is 0. The monoisotopic (exact) mass is 287 g/mol. The fourth-order valence-electron chi connectivity index (χ4n) is 2.57. The number of esters is 1. The van der Waals surface area contributed by atoms with Gasteiger partial charge in [-0.1, -0.05) is 30.3 Å². The van der Waals surface area contributed by atoms with Gasteiger partial charge in [-0.05, 0) is 12.0 Å². The minimum Gasteiger partial charge on any atom is -0.468 e. The van der Waals surface area contributed by atoms with E-state index < -0.39 is 17.6 Å². The highest BCUT2D eigenvalue weighted by atomic mass is 19.4. The van der Waals surface area contributed by atoms with Gasteiger partial charge in [0.15, 0.2) is 5.41 Å². The van der Waals surface area contributed by atoms with E-state index in [0.29, 0.717) is 6.54 Å². The second-order valence-corrected chi connectivity index (χ2v) is 5.02. The molecule has 0 saturated carbocycles. The van der Waals surface area contributed by atoms with Crippen LogP contribution < -0.4 is 0 Å². The van der Waals surface area contributed by atoms with Gasteiger partial charge < -0.3 is 4.74 Å². The van der Waals surface area contributed by atoms with E-state index in [0.717, 1.165) is 12.7 Å². The number of likely N-dealkylation sites (tertiary alicyclic amines) is 1. The standard InChI is InChI=1S/C14H16F3NO2/c1-20-12(19)13(14(15,16)17)7-8-18(10-13)9-11-5-3-2-4-6-11/h2-6H,7-10H2,1H3/t13-/m1/s1. The topological polar surface area (TPSA) is 29.5 Å². The lowest BCUT2D eigenvalue weighted by Gasteiger charge is -2.28. The van der Waals surface area contributed by atoms with Crippen LogP contribution in [0.5, 0.6) is 0 Å². The molecule has 0 aliphatic carbocycles. The van der Waals surface area contributed by atoms with Gasteiger partial charge in [-0.25, -0.2) is 0 Å². The van der Waals surface area contributed by atoms with Gasteiger partial charge in [0.1, 0.15) is 0 Å². The van der Waals surface area contributed by atoms with Gasteiger partial charge >= 0.3 is 12.1 Å². The number of methoxy groups -OCH3 is 1. The highest BCUT2D eigenvalue weighted by Crippen LogP contribution is 2.46. The first kappa shape index (κ1) is 14.8. The van der Waals surface area contributed by atoms with Crippen LogP contribution in [0.2, 0.25) is 0 Å². The minimum atomic E-state index is -4.59. The smallest absolute Gasteiger partial charge is 0.406 e. The number of carbonyl (C=O) groups is 1. The normalized spacial score (nSPS) is 23.8. The van der Waals surface area contributed by atoms with Crippen LogP contribution in [0.15, 0.2) is 30.3 Å². The molecule has 0 aromatic heterocycles. The number of benzene rings is 1. The molecule has 1 aromatic carbocycles. The SMILES string of the molecule is COC(=O)[C@@]1(C(F)(F)F)CCN(Cc2ccccc2)C1. The van der Waals surface area contributed by atoms with E-state index in [9.17, 15) is 18.0 Å². The molecule has 20 heavy (non-hydrogen) atoms. The summed E-state index contributed by atoms with van der Waals surface area (Å²) in [6.45, 7) is 0.275. The molecule has 3 nitrogen and oxygen atoms in total. The number of ether oxygens (including phenoxy) is 1. The Morgan fingerprint density at radius 1 is 1.35 bits per heavy atom. The van der Waals surface area contributed by atoms with Crippen LogP contribution in [0, 0.1) is 5.41 Å². The van der Waals surface area contributed by atoms with Crippen molar-refractivity contribution in [2.45, 2.75) is 19.1 Å². The lowest BCUT2D eigenvalue weighted by molar-refractivity contribution is -0.229. The molecule has 1 aliphatic heterocycles. The molecule has 1 atom stereocenters. The van der Waals surface area contributed by atoms with E-state index in [-0.39, 0.29) is 19.5 Å². The predicted molar refractivity (Wildman–Crippen MR) is 66.8 cm³/mol. The van der Waals surface area contributed by atoms with E-state index in [1.807, 2.05) is 30.3 Å². The Labute approximate surface area is 115 Å². The molecule has 0 unspecified atom stereocenters.